The first-order valence-electron chi connectivity index (χ1n) is 3.43. The van der Waals surface area contributed by atoms with Crippen molar-refractivity contribution in [1.29, 1.82) is 0 Å². The first kappa shape index (κ1) is 9.14. The number of amides is 1. The fourth-order valence-electron chi connectivity index (χ4n) is 0.809. The molecule has 0 bridgehead atoms. The summed E-state index contributed by atoms with van der Waals surface area (Å²) < 4.78 is 11.3. The molecule has 0 spiro atoms. The van der Waals surface area contributed by atoms with Crippen LogP contribution in [0.4, 0.5) is 5.69 Å². The van der Waals surface area contributed by atoms with Gasteiger partial charge in [0.25, 0.3) is 0 Å². The third kappa shape index (κ3) is 2.59. The average Bonchev–Trinajstić information content (AvgIpc) is 2.05. The van der Waals surface area contributed by atoms with E-state index in [9.17, 15) is 8.53 Å². The quantitative estimate of drug-likeness (QED) is 0.736. The Kier molecular flexibility index (Phi) is 3.17. The summed E-state index contributed by atoms with van der Waals surface area (Å²) in [7, 11) is 0. The topological polar surface area (TPSA) is 46.2 Å². The molecule has 0 fully saturated rings. The molecular weight excluding hydrogens is 217 g/mol. The van der Waals surface area contributed by atoms with Crippen molar-refractivity contribution in [2.45, 2.75) is 6.92 Å². The van der Waals surface area contributed by atoms with Gasteiger partial charge in [-0.15, -0.1) is 0 Å². The summed E-state index contributed by atoms with van der Waals surface area (Å²) in [5.74, 6) is -0.0989. The molecule has 1 aromatic rings. The van der Waals surface area contributed by atoms with Gasteiger partial charge < -0.3 is 0 Å². The second kappa shape index (κ2) is 4.17. The minimum absolute atomic E-state index is 0.0989. The number of carbonyl (C=O) groups is 1. The van der Waals surface area contributed by atoms with Crippen molar-refractivity contribution >= 4 is 31.6 Å². The van der Waals surface area contributed by atoms with E-state index >= 15 is 0 Å². The van der Waals surface area contributed by atoms with E-state index in [1.54, 1.807) is 24.3 Å². The Balaban J connectivity index is 2.77. The maximum atomic E-state index is 10.6. The predicted molar refractivity (Wildman–Crippen MR) is 46.8 cm³/mol. The number of nitrogens with one attached hydrogen (secondary N) is 1. The zero-order valence-corrected chi connectivity index (χ0v) is 8.45. The van der Waals surface area contributed by atoms with E-state index in [-0.39, 0.29) is 5.91 Å². The molecule has 1 aromatic carbocycles. The summed E-state index contributed by atoms with van der Waals surface area (Å²) in [5, 5.41) is 2.63. The van der Waals surface area contributed by atoms with Crippen molar-refractivity contribution in [1.82, 2.24) is 0 Å². The molecule has 0 aliphatic carbocycles. The number of rotatable bonds is 2. The fraction of sp³-hybridized carbons (Fsp3) is 0.125. The van der Waals surface area contributed by atoms with E-state index in [1.165, 1.54) is 6.92 Å². The zero-order valence-electron chi connectivity index (χ0n) is 6.57. The summed E-state index contributed by atoms with van der Waals surface area (Å²) in [6.07, 6.45) is 0. The fourth-order valence-corrected chi connectivity index (χ4v) is 1.38. The Morgan fingerprint density at radius 3 is 2.33 bits per heavy atom. The van der Waals surface area contributed by atoms with Gasteiger partial charge in [-0.25, -0.2) is 0 Å². The van der Waals surface area contributed by atoms with Crippen molar-refractivity contribution < 1.29 is 8.53 Å². The Morgan fingerprint density at radius 2 is 1.92 bits per heavy atom. The molecule has 0 unspecified atom stereocenters. The molecule has 0 saturated heterocycles. The molecule has 0 aliphatic heterocycles. The molecular formula is C8H8AsNO2. The van der Waals surface area contributed by atoms with Crippen molar-refractivity contribution in [3.63, 3.8) is 0 Å². The molecule has 1 amide bonds. The minimum atomic E-state index is -0.959. The van der Waals surface area contributed by atoms with Crippen molar-refractivity contribution in [3.05, 3.63) is 24.3 Å². The van der Waals surface area contributed by atoms with Crippen molar-refractivity contribution in [2.75, 3.05) is 5.32 Å². The van der Waals surface area contributed by atoms with E-state index in [0.717, 1.165) is 10.0 Å². The number of anilines is 1. The van der Waals surface area contributed by atoms with E-state index in [2.05, 4.69) is 5.32 Å². The van der Waals surface area contributed by atoms with Gasteiger partial charge in [0.05, 0.1) is 0 Å². The SMILES string of the molecule is CC(=O)Nc1ccc([As]=O)cc1. The standard InChI is InChI=1S/C8H8AsNO2/c1-6(11)10-8-4-2-7(9-12)3-5-8/h2-5H,1H3,(H,10,11). The van der Waals surface area contributed by atoms with Crippen LogP contribution in [0, 0.1) is 0 Å². The Labute approximate surface area is 77.1 Å². The molecule has 0 radical (unpaired) electrons. The Morgan fingerprint density at radius 1 is 1.33 bits per heavy atom. The van der Waals surface area contributed by atoms with Crippen LogP contribution in [0.25, 0.3) is 0 Å². The third-order valence-corrected chi connectivity index (χ3v) is 2.36. The summed E-state index contributed by atoms with van der Waals surface area (Å²) in [6, 6.07) is 6.98. The zero-order chi connectivity index (χ0) is 8.97. The number of hydrogen-bond donors (Lipinski definition) is 1. The van der Waals surface area contributed by atoms with Gasteiger partial charge in [-0.2, -0.15) is 0 Å². The molecule has 0 atom stereocenters. The van der Waals surface area contributed by atoms with Gasteiger partial charge in [-0.3, -0.25) is 0 Å². The van der Waals surface area contributed by atoms with Crippen molar-refractivity contribution in [3.8, 4) is 0 Å². The van der Waals surface area contributed by atoms with Gasteiger partial charge >= 0.3 is 76.7 Å². The molecule has 4 heteroatoms. The van der Waals surface area contributed by atoms with E-state index in [1.807, 2.05) is 0 Å². The van der Waals surface area contributed by atoms with Crippen LogP contribution >= 0.6 is 0 Å². The molecule has 0 aliphatic rings. The predicted octanol–water partition coefficient (Wildman–Crippen LogP) is 0.320. The van der Waals surface area contributed by atoms with Crippen LogP contribution in [-0.4, -0.2) is 21.6 Å². The Bertz CT molecular complexity index is 294. The third-order valence-electron chi connectivity index (χ3n) is 1.29. The summed E-state index contributed by atoms with van der Waals surface area (Å²) >= 11 is -0.959. The van der Waals surface area contributed by atoms with Gasteiger partial charge in [-0.1, -0.05) is 0 Å². The number of hydrogen-bond acceptors (Lipinski definition) is 2. The number of benzene rings is 1. The van der Waals surface area contributed by atoms with Crippen LogP contribution in [-0.2, 0) is 8.53 Å². The normalized spacial score (nSPS) is 9.75. The Hall–Kier alpha value is -0.952. The summed E-state index contributed by atoms with van der Waals surface area (Å²) in [5.41, 5.74) is 0.737. The van der Waals surface area contributed by atoms with Gasteiger partial charge in [0.1, 0.15) is 0 Å². The van der Waals surface area contributed by atoms with Gasteiger partial charge in [0.2, 0.25) is 0 Å². The molecule has 0 saturated carbocycles. The van der Waals surface area contributed by atoms with Crippen LogP contribution in [0.15, 0.2) is 24.3 Å². The second-order valence-electron chi connectivity index (χ2n) is 2.32. The second-order valence-corrected chi connectivity index (χ2v) is 3.79. The molecule has 12 heavy (non-hydrogen) atoms. The summed E-state index contributed by atoms with van der Waals surface area (Å²) in [4.78, 5) is 10.6. The molecule has 0 aromatic heterocycles. The van der Waals surface area contributed by atoms with Crippen molar-refractivity contribution in [2.24, 2.45) is 0 Å². The van der Waals surface area contributed by atoms with Crippen LogP contribution in [0.3, 0.4) is 0 Å². The molecule has 1 N–H and O–H groups in total. The molecule has 0 heterocycles. The monoisotopic (exact) mass is 225 g/mol. The molecule has 1 rings (SSSR count). The number of carbonyl (C=O) groups excluding carboxylic acids is 1. The first-order chi connectivity index (χ1) is 5.72. The van der Waals surface area contributed by atoms with Crippen LogP contribution < -0.4 is 9.67 Å². The molecule has 3 nitrogen and oxygen atoms in total. The van der Waals surface area contributed by atoms with Gasteiger partial charge in [-0.05, 0) is 0 Å². The maximum absolute atomic E-state index is 10.6. The van der Waals surface area contributed by atoms with E-state index in [4.69, 9.17) is 0 Å². The van der Waals surface area contributed by atoms with Gasteiger partial charge in [0.15, 0.2) is 0 Å². The first-order valence-corrected chi connectivity index (χ1v) is 5.14. The van der Waals surface area contributed by atoms with Gasteiger partial charge in [0, 0.05) is 0 Å². The van der Waals surface area contributed by atoms with Crippen LogP contribution in [0.2, 0.25) is 0 Å². The molecule has 62 valence electrons. The summed E-state index contributed by atoms with van der Waals surface area (Å²) in [6.45, 7) is 1.45. The van der Waals surface area contributed by atoms with Crippen LogP contribution in [0.1, 0.15) is 6.92 Å². The average molecular weight is 225 g/mol. The van der Waals surface area contributed by atoms with E-state index in [0.29, 0.717) is 0 Å². The van der Waals surface area contributed by atoms with E-state index < -0.39 is 15.7 Å². The van der Waals surface area contributed by atoms with Crippen LogP contribution in [0.5, 0.6) is 0 Å².